The van der Waals surface area contributed by atoms with Gasteiger partial charge in [0.1, 0.15) is 0 Å². The smallest absolute Gasteiger partial charge is 0.303 e. The Morgan fingerprint density at radius 1 is 1.11 bits per heavy atom. The highest BCUT2D eigenvalue weighted by molar-refractivity contribution is 5.78. The molecule has 1 aliphatic carbocycles. The average Bonchev–Trinajstić information content (AvgIpc) is 2.54. The maximum atomic E-state index is 11.9. The lowest BCUT2D eigenvalue weighted by molar-refractivity contribution is -0.139. The molecule has 1 saturated heterocycles. The number of nitrogens with one attached hydrogen (secondary N) is 1. The molecule has 5 heteroatoms. The molecule has 1 heterocycles. The molecule has 0 aromatic rings. The van der Waals surface area contributed by atoms with E-state index in [2.05, 4.69) is 5.32 Å². The molecule has 0 aromatic carbocycles. The molecule has 2 N–H and O–H groups in total. The van der Waals surface area contributed by atoms with E-state index < -0.39 is 5.97 Å². The van der Waals surface area contributed by atoms with Crippen molar-refractivity contribution < 1.29 is 14.7 Å². The number of hydrogen-bond acceptors (Lipinski definition) is 3. The van der Waals surface area contributed by atoms with Crippen LogP contribution in [0.25, 0.3) is 0 Å². The first-order valence-corrected chi connectivity index (χ1v) is 7.37. The van der Waals surface area contributed by atoms with Gasteiger partial charge < -0.3 is 10.4 Å². The first-order chi connectivity index (χ1) is 9.13. The summed E-state index contributed by atoms with van der Waals surface area (Å²) in [5, 5.41) is 11.8. The third-order valence-corrected chi connectivity index (χ3v) is 4.08. The van der Waals surface area contributed by atoms with Crippen LogP contribution in [0, 0.1) is 5.92 Å². The minimum Gasteiger partial charge on any atom is -0.481 e. The summed E-state index contributed by atoms with van der Waals surface area (Å²) in [5.41, 5.74) is 0. The zero-order valence-corrected chi connectivity index (χ0v) is 11.4. The van der Waals surface area contributed by atoms with Crippen LogP contribution in [0.2, 0.25) is 0 Å². The summed E-state index contributed by atoms with van der Waals surface area (Å²) in [5.74, 6) is -0.420. The van der Waals surface area contributed by atoms with E-state index in [1.807, 2.05) is 4.90 Å². The van der Waals surface area contributed by atoms with Gasteiger partial charge in [0.05, 0.1) is 13.0 Å². The van der Waals surface area contributed by atoms with E-state index in [1.165, 1.54) is 25.7 Å². The van der Waals surface area contributed by atoms with Crippen LogP contribution in [0.3, 0.4) is 0 Å². The highest BCUT2D eigenvalue weighted by Gasteiger charge is 2.30. The summed E-state index contributed by atoms with van der Waals surface area (Å²) in [4.78, 5) is 24.4. The minimum atomic E-state index is -0.743. The van der Waals surface area contributed by atoms with E-state index in [0.29, 0.717) is 12.6 Å². The largest absolute Gasteiger partial charge is 0.481 e. The summed E-state index contributed by atoms with van der Waals surface area (Å²) in [6, 6.07) is 0.353. The van der Waals surface area contributed by atoms with Crippen LogP contribution in [0.4, 0.5) is 0 Å². The first-order valence-electron chi connectivity index (χ1n) is 7.37. The second-order valence-corrected chi connectivity index (χ2v) is 5.91. The maximum absolute atomic E-state index is 11.9. The van der Waals surface area contributed by atoms with Gasteiger partial charge in [-0.2, -0.15) is 0 Å². The van der Waals surface area contributed by atoms with Gasteiger partial charge in [-0.3, -0.25) is 14.5 Å². The Morgan fingerprint density at radius 3 is 2.32 bits per heavy atom. The SMILES string of the molecule is O=C(O)CC1CN(CC(=O)NC2CCCCCC2)C1. The van der Waals surface area contributed by atoms with Gasteiger partial charge in [-0.15, -0.1) is 0 Å². The van der Waals surface area contributed by atoms with Gasteiger partial charge in [-0.1, -0.05) is 25.7 Å². The zero-order valence-electron chi connectivity index (χ0n) is 11.4. The van der Waals surface area contributed by atoms with Gasteiger partial charge in [0.2, 0.25) is 5.91 Å². The molecule has 0 aromatic heterocycles. The first kappa shape index (κ1) is 14.3. The number of carbonyl (C=O) groups is 2. The molecule has 2 fully saturated rings. The van der Waals surface area contributed by atoms with Crippen molar-refractivity contribution in [3.05, 3.63) is 0 Å². The Balaban J connectivity index is 1.61. The topological polar surface area (TPSA) is 69.6 Å². The highest BCUT2D eigenvalue weighted by atomic mass is 16.4. The summed E-state index contributed by atoms with van der Waals surface area (Å²) in [6.45, 7) is 1.90. The van der Waals surface area contributed by atoms with Crippen molar-refractivity contribution in [3.63, 3.8) is 0 Å². The quantitative estimate of drug-likeness (QED) is 0.736. The monoisotopic (exact) mass is 268 g/mol. The molecule has 1 aliphatic heterocycles. The van der Waals surface area contributed by atoms with Gasteiger partial charge in [-0.05, 0) is 18.8 Å². The van der Waals surface area contributed by atoms with Crippen molar-refractivity contribution in [2.24, 2.45) is 5.92 Å². The van der Waals surface area contributed by atoms with E-state index in [0.717, 1.165) is 25.9 Å². The Labute approximate surface area is 114 Å². The molecule has 1 amide bonds. The Hall–Kier alpha value is -1.10. The minimum absolute atomic E-state index is 0.0978. The molecule has 108 valence electrons. The van der Waals surface area contributed by atoms with Crippen LogP contribution in [0.5, 0.6) is 0 Å². The van der Waals surface area contributed by atoms with Gasteiger partial charge in [-0.25, -0.2) is 0 Å². The number of rotatable bonds is 5. The Morgan fingerprint density at radius 2 is 1.74 bits per heavy atom. The lowest BCUT2D eigenvalue weighted by atomic mass is 9.96. The second-order valence-electron chi connectivity index (χ2n) is 5.91. The predicted octanol–water partition coefficient (Wildman–Crippen LogP) is 1.23. The van der Waals surface area contributed by atoms with Crippen LogP contribution < -0.4 is 5.32 Å². The normalized spacial score (nSPS) is 22.5. The van der Waals surface area contributed by atoms with Crippen LogP contribution in [0.15, 0.2) is 0 Å². The van der Waals surface area contributed by atoms with E-state index in [9.17, 15) is 9.59 Å². The molecule has 0 radical (unpaired) electrons. The van der Waals surface area contributed by atoms with Gasteiger partial charge >= 0.3 is 5.97 Å². The fourth-order valence-electron chi connectivity index (χ4n) is 3.08. The molecule has 0 atom stereocenters. The lowest BCUT2D eigenvalue weighted by Crippen LogP contribution is -2.52. The van der Waals surface area contributed by atoms with E-state index >= 15 is 0 Å². The zero-order chi connectivity index (χ0) is 13.7. The number of aliphatic carboxylic acids is 1. The van der Waals surface area contributed by atoms with Crippen molar-refractivity contribution in [1.29, 1.82) is 0 Å². The number of carboxylic acid groups (broad SMARTS) is 1. The summed E-state index contributed by atoms with van der Waals surface area (Å²) in [7, 11) is 0. The van der Waals surface area contributed by atoms with Gasteiger partial charge in [0.15, 0.2) is 0 Å². The molecule has 19 heavy (non-hydrogen) atoms. The molecule has 0 spiro atoms. The predicted molar refractivity (Wildman–Crippen MR) is 71.8 cm³/mol. The molecule has 0 bridgehead atoms. The molecule has 1 saturated carbocycles. The molecule has 2 rings (SSSR count). The molecular weight excluding hydrogens is 244 g/mol. The fourth-order valence-corrected chi connectivity index (χ4v) is 3.08. The molecule has 5 nitrogen and oxygen atoms in total. The molecule has 0 unspecified atom stereocenters. The van der Waals surface area contributed by atoms with Crippen molar-refractivity contribution in [2.45, 2.75) is 51.0 Å². The number of likely N-dealkylation sites (tertiary alicyclic amines) is 1. The maximum Gasteiger partial charge on any atom is 0.303 e. The number of carbonyl (C=O) groups excluding carboxylic acids is 1. The number of hydrogen-bond donors (Lipinski definition) is 2. The number of amides is 1. The van der Waals surface area contributed by atoms with E-state index in [1.54, 1.807) is 0 Å². The highest BCUT2D eigenvalue weighted by Crippen LogP contribution is 2.19. The third-order valence-electron chi connectivity index (χ3n) is 4.08. The van der Waals surface area contributed by atoms with Crippen molar-refractivity contribution in [3.8, 4) is 0 Å². The fraction of sp³-hybridized carbons (Fsp3) is 0.857. The van der Waals surface area contributed by atoms with Gasteiger partial charge in [0.25, 0.3) is 0 Å². The van der Waals surface area contributed by atoms with Crippen molar-refractivity contribution in [1.82, 2.24) is 10.2 Å². The third kappa shape index (κ3) is 4.82. The lowest BCUT2D eigenvalue weighted by Gasteiger charge is -2.38. The Bertz CT molecular complexity index is 319. The number of carboxylic acids is 1. The summed E-state index contributed by atoms with van der Waals surface area (Å²) >= 11 is 0. The van der Waals surface area contributed by atoms with Crippen molar-refractivity contribution >= 4 is 11.9 Å². The second kappa shape index (κ2) is 6.89. The van der Waals surface area contributed by atoms with Crippen LogP contribution in [-0.4, -0.2) is 47.6 Å². The van der Waals surface area contributed by atoms with Crippen molar-refractivity contribution in [2.75, 3.05) is 19.6 Å². The Kier molecular flexibility index (Phi) is 5.19. The van der Waals surface area contributed by atoms with Crippen LogP contribution in [0.1, 0.15) is 44.9 Å². The van der Waals surface area contributed by atoms with Crippen LogP contribution in [-0.2, 0) is 9.59 Å². The summed E-state index contributed by atoms with van der Waals surface area (Å²) < 4.78 is 0. The standard InChI is InChI=1S/C14H24N2O3/c17-13(15-12-5-3-1-2-4-6-12)10-16-8-11(9-16)7-14(18)19/h11-12H,1-10H2,(H,15,17)(H,18,19). The summed E-state index contributed by atoms with van der Waals surface area (Å²) in [6.07, 6.45) is 7.44. The van der Waals surface area contributed by atoms with E-state index in [-0.39, 0.29) is 18.2 Å². The molecular formula is C14H24N2O3. The van der Waals surface area contributed by atoms with Crippen LogP contribution >= 0.6 is 0 Å². The average molecular weight is 268 g/mol. The number of nitrogens with zero attached hydrogens (tertiary/aromatic N) is 1. The van der Waals surface area contributed by atoms with E-state index in [4.69, 9.17) is 5.11 Å². The molecule has 2 aliphatic rings. The van der Waals surface area contributed by atoms with Gasteiger partial charge in [0, 0.05) is 19.1 Å².